The number of rotatable bonds is 5. The molecule has 0 heterocycles. The highest BCUT2D eigenvalue weighted by Crippen LogP contribution is 2.13. The van der Waals surface area contributed by atoms with Crippen LogP contribution in [0.3, 0.4) is 0 Å². The van der Waals surface area contributed by atoms with E-state index in [1.807, 2.05) is 0 Å². The summed E-state index contributed by atoms with van der Waals surface area (Å²) in [7, 11) is 1.71. The summed E-state index contributed by atoms with van der Waals surface area (Å²) < 4.78 is 4.99. The number of hydrogen-bond acceptors (Lipinski definition) is 2. The van der Waals surface area contributed by atoms with Gasteiger partial charge in [0.1, 0.15) is 0 Å². The molecule has 0 rings (SSSR count). The molecule has 0 saturated carbocycles. The van der Waals surface area contributed by atoms with Crippen LogP contribution in [0.15, 0.2) is 0 Å². The van der Waals surface area contributed by atoms with E-state index >= 15 is 0 Å². The van der Waals surface area contributed by atoms with Gasteiger partial charge in [-0.15, -0.1) is 0 Å². The van der Waals surface area contributed by atoms with Crippen molar-refractivity contribution in [3.63, 3.8) is 0 Å². The monoisotopic (exact) mass is 146 g/mol. The van der Waals surface area contributed by atoms with E-state index < -0.39 is 0 Å². The molecule has 0 bridgehead atoms. The van der Waals surface area contributed by atoms with Crippen LogP contribution >= 0.6 is 0 Å². The van der Waals surface area contributed by atoms with Gasteiger partial charge in [0.25, 0.3) is 0 Å². The van der Waals surface area contributed by atoms with Crippen molar-refractivity contribution < 1.29 is 9.84 Å². The molecule has 2 heteroatoms. The zero-order chi connectivity index (χ0) is 7.98. The van der Waals surface area contributed by atoms with Crippen LogP contribution < -0.4 is 0 Å². The van der Waals surface area contributed by atoms with Crippen LogP contribution in [0.4, 0.5) is 0 Å². The molecule has 1 N–H and O–H groups in total. The summed E-state index contributed by atoms with van der Waals surface area (Å²) in [6.07, 6.45) is 0.879. The predicted molar refractivity (Wildman–Crippen MR) is 41.9 cm³/mol. The Balaban J connectivity index is 3.38. The lowest BCUT2D eigenvalue weighted by atomic mass is 9.94. The smallest absolute Gasteiger partial charge is 0.0490 e. The zero-order valence-corrected chi connectivity index (χ0v) is 7.13. The molecule has 0 aliphatic carbocycles. The van der Waals surface area contributed by atoms with Crippen molar-refractivity contribution in [2.45, 2.75) is 20.3 Å². The molecule has 2 atom stereocenters. The minimum Gasteiger partial charge on any atom is -0.396 e. The van der Waals surface area contributed by atoms with Crippen molar-refractivity contribution in [3.8, 4) is 0 Å². The third-order valence-electron chi connectivity index (χ3n) is 1.99. The lowest BCUT2D eigenvalue weighted by Crippen LogP contribution is -2.14. The number of aliphatic hydroxyl groups excluding tert-OH is 1. The Bertz CT molecular complexity index is 63.7. The fourth-order valence-corrected chi connectivity index (χ4v) is 0.915. The fourth-order valence-electron chi connectivity index (χ4n) is 0.915. The van der Waals surface area contributed by atoms with Gasteiger partial charge < -0.3 is 9.84 Å². The van der Waals surface area contributed by atoms with Crippen molar-refractivity contribution in [2.75, 3.05) is 20.3 Å². The molecule has 0 radical (unpaired) electrons. The summed E-state index contributed by atoms with van der Waals surface area (Å²) in [5.41, 5.74) is 0. The van der Waals surface area contributed by atoms with E-state index in [-0.39, 0.29) is 6.61 Å². The molecular formula is C8H18O2. The maximum absolute atomic E-state index is 8.61. The minimum absolute atomic E-state index is 0.287. The molecule has 0 aromatic rings. The maximum Gasteiger partial charge on any atom is 0.0490 e. The van der Waals surface area contributed by atoms with Crippen molar-refractivity contribution in [2.24, 2.45) is 11.8 Å². The van der Waals surface area contributed by atoms with Crippen LogP contribution in [0.5, 0.6) is 0 Å². The van der Waals surface area contributed by atoms with Gasteiger partial charge in [0.15, 0.2) is 0 Å². The Morgan fingerprint density at radius 1 is 1.30 bits per heavy atom. The Hall–Kier alpha value is -0.0800. The van der Waals surface area contributed by atoms with Crippen LogP contribution in [-0.2, 0) is 4.74 Å². The van der Waals surface area contributed by atoms with Crippen molar-refractivity contribution >= 4 is 0 Å². The van der Waals surface area contributed by atoms with Gasteiger partial charge in [0.2, 0.25) is 0 Å². The third-order valence-corrected chi connectivity index (χ3v) is 1.99. The third kappa shape index (κ3) is 3.85. The Kier molecular flexibility index (Phi) is 5.64. The highest BCUT2D eigenvalue weighted by molar-refractivity contribution is 4.59. The van der Waals surface area contributed by atoms with E-state index in [2.05, 4.69) is 13.8 Å². The molecule has 0 aliphatic heterocycles. The first-order chi connectivity index (χ1) is 4.72. The lowest BCUT2D eigenvalue weighted by Gasteiger charge is -2.17. The highest BCUT2D eigenvalue weighted by atomic mass is 16.5. The van der Waals surface area contributed by atoms with Gasteiger partial charge in [-0.2, -0.15) is 0 Å². The maximum atomic E-state index is 8.61. The van der Waals surface area contributed by atoms with Crippen LogP contribution in [0, 0.1) is 11.8 Å². The molecule has 0 aromatic carbocycles. The SMILES string of the molecule is COCC(C)C(C)CCO. The van der Waals surface area contributed by atoms with Gasteiger partial charge in [0, 0.05) is 20.3 Å². The molecule has 0 amide bonds. The van der Waals surface area contributed by atoms with Crippen LogP contribution in [0.25, 0.3) is 0 Å². The second-order valence-corrected chi connectivity index (χ2v) is 2.92. The number of ether oxygens (including phenoxy) is 1. The van der Waals surface area contributed by atoms with Gasteiger partial charge in [-0.25, -0.2) is 0 Å². The van der Waals surface area contributed by atoms with Crippen molar-refractivity contribution in [1.82, 2.24) is 0 Å². The summed E-state index contributed by atoms with van der Waals surface area (Å²) in [5.74, 6) is 1.11. The molecule has 2 nitrogen and oxygen atoms in total. The Morgan fingerprint density at radius 2 is 1.90 bits per heavy atom. The summed E-state index contributed by atoms with van der Waals surface area (Å²) in [6.45, 7) is 5.36. The van der Waals surface area contributed by atoms with Gasteiger partial charge in [0.05, 0.1) is 0 Å². The molecule has 62 valence electrons. The van der Waals surface area contributed by atoms with Gasteiger partial charge in [-0.1, -0.05) is 13.8 Å². The first kappa shape index (κ1) is 9.92. The lowest BCUT2D eigenvalue weighted by molar-refractivity contribution is 0.122. The average molecular weight is 146 g/mol. The van der Waals surface area contributed by atoms with Gasteiger partial charge in [-0.3, -0.25) is 0 Å². The largest absolute Gasteiger partial charge is 0.396 e. The summed E-state index contributed by atoms with van der Waals surface area (Å²) in [4.78, 5) is 0. The fraction of sp³-hybridized carbons (Fsp3) is 1.00. The quantitative estimate of drug-likeness (QED) is 0.633. The minimum atomic E-state index is 0.287. The molecule has 0 spiro atoms. The number of aliphatic hydroxyl groups is 1. The second-order valence-electron chi connectivity index (χ2n) is 2.92. The second kappa shape index (κ2) is 5.69. The topological polar surface area (TPSA) is 29.5 Å². The van der Waals surface area contributed by atoms with Crippen molar-refractivity contribution in [3.05, 3.63) is 0 Å². The van der Waals surface area contributed by atoms with E-state index in [1.54, 1.807) is 7.11 Å². The Morgan fingerprint density at radius 3 is 2.30 bits per heavy atom. The normalized spacial score (nSPS) is 16.8. The summed E-state index contributed by atoms with van der Waals surface area (Å²) in [6, 6.07) is 0. The molecular weight excluding hydrogens is 128 g/mol. The van der Waals surface area contributed by atoms with E-state index in [0.717, 1.165) is 13.0 Å². The van der Waals surface area contributed by atoms with Crippen LogP contribution in [0.2, 0.25) is 0 Å². The number of methoxy groups -OCH3 is 1. The van der Waals surface area contributed by atoms with E-state index in [9.17, 15) is 0 Å². The highest BCUT2D eigenvalue weighted by Gasteiger charge is 2.10. The molecule has 0 aromatic heterocycles. The van der Waals surface area contributed by atoms with E-state index in [0.29, 0.717) is 11.8 Å². The molecule has 0 fully saturated rings. The van der Waals surface area contributed by atoms with E-state index in [1.165, 1.54) is 0 Å². The van der Waals surface area contributed by atoms with Crippen LogP contribution in [0.1, 0.15) is 20.3 Å². The molecule has 0 aliphatic rings. The predicted octanol–water partition coefficient (Wildman–Crippen LogP) is 1.29. The Labute approximate surface area is 63.2 Å². The standard InChI is InChI=1S/C8H18O2/c1-7(4-5-9)8(2)6-10-3/h7-9H,4-6H2,1-3H3. The number of hydrogen-bond donors (Lipinski definition) is 1. The van der Waals surface area contributed by atoms with E-state index in [4.69, 9.17) is 9.84 Å². The first-order valence-corrected chi connectivity index (χ1v) is 3.82. The first-order valence-electron chi connectivity index (χ1n) is 3.82. The summed E-state index contributed by atoms with van der Waals surface area (Å²) in [5, 5.41) is 8.61. The summed E-state index contributed by atoms with van der Waals surface area (Å²) >= 11 is 0. The molecule has 10 heavy (non-hydrogen) atoms. The molecule has 0 saturated heterocycles. The van der Waals surface area contributed by atoms with Crippen molar-refractivity contribution in [1.29, 1.82) is 0 Å². The van der Waals surface area contributed by atoms with Gasteiger partial charge in [-0.05, 0) is 18.3 Å². The van der Waals surface area contributed by atoms with Crippen LogP contribution in [-0.4, -0.2) is 25.4 Å². The van der Waals surface area contributed by atoms with Gasteiger partial charge >= 0.3 is 0 Å². The zero-order valence-electron chi connectivity index (χ0n) is 7.13. The molecule has 2 unspecified atom stereocenters. The average Bonchev–Trinajstić information content (AvgIpc) is 1.89.